The standard InChI is InChI=1S/C21H16O5/c1-23-15-7-3-13(4-8-15)17-12-20(22)26-21-18(17)11-19(25-21)14-5-9-16(24-2)10-6-14/h3-12H,1-2H3. The van der Waals surface area contributed by atoms with Gasteiger partial charge in [0.15, 0.2) is 0 Å². The third-order valence-electron chi connectivity index (χ3n) is 4.22. The van der Waals surface area contributed by atoms with E-state index in [9.17, 15) is 4.79 Å². The Hall–Kier alpha value is -3.47. The Kier molecular flexibility index (Phi) is 3.97. The van der Waals surface area contributed by atoms with Gasteiger partial charge >= 0.3 is 11.4 Å². The van der Waals surface area contributed by atoms with Gasteiger partial charge in [0.2, 0.25) is 0 Å². The van der Waals surface area contributed by atoms with Crippen LogP contribution in [0.15, 0.2) is 74.3 Å². The molecule has 0 atom stereocenters. The number of fused-ring (bicyclic) bond motifs is 1. The molecule has 2 heterocycles. The van der Waals surface area contributed by atoms with Crippen LogP contribution in [0.25, 0.3) is 33.6 Å². The first-order valence-electron chi connectivity index (χ1n) is 8.04. The highest BCUT2D eigenvalue weighted by Gasteiger charge is 2.15. The van der Waals surface area contributed by atoms with Crippen molar-refractivity contribution in [1.29, 1.82) is 0 Å². The summed E-state index contributed by atoms with van der Waals surface area (Å²) in [6, 6.07) is 18.3. The van der Waals surface area contributed by atoms with E-state index < -0.39 is 5.63 Å². The Balaban J connectivity index is 1.85. The molecule has 0 unspecified atom stereocenters. The van der Waals surface area contributed by atoms with Gasteiger partial charge in [-0.05, 0) is 48.0 Å². The van der Waals surface area contributed by atoms with Crippen molar-refractivity contribution in [1.82, 2.24) is 0 Å². The molecule has 2 aromatic carbocycles. The highest BCUT2D eigenvalue weighted by molar-refractivity contribution is 5.93. The number of benzene rings is 2. The van der Waals surface area contributed by atoms with Crippen LogP contribution >= 0.6 is 0 Å². The van der Waals surface area contributed by atoms with E-state index in [4.69, 9.17) is 18.3 Å². The lowest BCUT2D eigenvalue weighted by Gasteiger charge is -2.03. The third kappa shape index (κ3) is 2.84. The maximum atomic E-state index is 12.0. The van der Waals surface area contributed by atoms with E-state index >= 15 is 0 Å². The first kappa shape index (κ1) is 16.0. The first-order valence-corrected chi connectivity index (χ1v) is 8.04. The number of methoxy groups -OCH3 is 2. The van der Waals surface area contributed by atoms with Crippen LogP contribution in [-0.4, -0.2) is 14.2 Å². The molecule has 0 aliphatic carbocycles. The molecule has 4 rings (SSSR count). The zero-order chi connectivity index (χ0) is 18.1. The molecule has 0 aliphatic heterocycles. The minimum atomic E-state index is -0.459. The van der Waals surface area contributed by atoms with Gasteiger partial charge in [-0.1, -0.05) is 12.1 Å². The van der Waals surface area contributed by atoms with Crippen LogP contribution in [0, 0.1) is 0 Å². The van der Waals surface area contributed by atoms with Crippen LogP contribution in [0.5, 0.6) is 11.5 Å². The summed E-state index contributed by atoms with van der Waals surface area (Å²) in [6.45, 7) is 0. The van der Waals surface area contributed by atoms with Crippen LogP contribution in [0.3, 0.4) is 0 Å². The second kappa shape index (κ2) is 6.44. The Morgan fingerprint density at radius 3 is 1.88 bits per heavy atom. The Labute approximate surface area is 149 Å². The summed E-state index contributed by atoms with van der Waals surface area (Å²) >= 11 is 0. The highest BCUT2D eigenvalue weighted by atomic mass is 16.5. The van der Waals surface area contributed by atoms with E-state index in [-0.39, 0.29) is 5.78 Å². The summed E-state index contributed by atoms with van der Waals surface area (Å²) in [7, 11) is 3.23. The van der Waals surface area contributed by atoms with Crippen molar-refractivity contribution in [2.24, 2.45) is 0 Å². The van der Waals surface area contributed by atoms with Crippen LogP contribution in [-0.2, 0) is 0 Å². The number of hydrogen-bond donors (Lipinski definition) is 0. The summed E-state index contributed by atoms with van der Waals surface area (Å²) in [5.41, 5.74) is 2.04. The third-order valence-corrected chi connectivity index (χ3v) is 4.22. The van der Waals surface area contributed by atoms with Crippen molar-refractivity contribution in [3.8, 4) is 33.9 Å². The Morgan fingerprint density at radius 2 is 1.31 bits per heavy atom. The Bertz CT molecular complexity index is 1100. The molecule has 130 valence electrons. The Morgan fingerprint density at radius 1 is 0.731 bits per heavy atom. The van der Waals surface area contributed by atoms with Gasteiger partial charge < -0.3 is 18.3 Å². The molecular weight excluding hydrogens is 332 g/mol. The average Bonchev–Trinajstić information content (AvgIpc) is 3.11. The monoisotopic (exact) mass is 348 g/mol. The molecule has 0 bridgehead atoms. The maximum Gasteiger partial charge on any atom is 0.339 e. The summed E-state index contributed by atoms with van der Waals surface area (Å²) in [4.78, 5) is 12.0. The van der Waals surface area contributed by atoms with Gasteiger partial charge in [0, 0.05) is 17.2 Å². The minimum Gasteiger partial charge on any atom is -0.497 e. The summed E-state index contributed by atoms with van der Waals surface area (Å²) < 4.78 is 21.4. The molecule has 0 fully saturated rings. The minimum absolute atomic E-state index is 0.203. The molecule has 0 spiro atoms. The highest BCUT2D eigenvalue weighted by Crippen LogP contribution is 2.34. The van der Waals surface area contributed by atoms with Crippen molar-refractivity contribution in [3.05, 3.63) is 71.1 Å². The van der Waals surface area contributed by atoms with E-state index in [0.717, 1.165) is 33.6 Å². The number of rotatable bonds is 4. The maximum absolute atomic E-state index is 12.0. The smallest absolute Gasteiger partial charge is 0.339 e. The quantitative estimate of drug-likeness (QED) is 0.533. The fraction of sp³-hybridized carbons (Fsp3) is 0.0952. The first-order chi connectivity index (χ1) is 12.7. The summed E-state index contributed by atoms with van der Waals surface area (Å²) in [6.07, 6.45) is 0. The van der Waals surface area contributed by atoms with E-state index in [0.29, 0.717) is 5.76 Å². The van der Waals surface area contributed by atoms with Crippen LogP contribution in [0.4, 0.5) is 0 Å². The summed E-state index contributed by atoms with van der Waals surface area (Å²) in [5.74, 6) is 2.33. The predicted octanol–water partition coefficient (Wildman–Crippen LogP) is 4.74. The second-order valence-corrected chi connectivity index (χ2v) is 5.75. The van der Waals surface area contributed by atoms with E-state index in [1.165, 1.54) is 6.07 Å². The van der Waals surface area contributed by atoms with Crippen LogP contribution < -0.4 is 15.1 Å². The average molecular weight is 348 g/mol. The lowest BCUT2D eigenvalue weighted by Crippen LogP contribution is -1.96. The molecule has 5 heteroatoms. The van der Waals surface area contributed by atoms with Crippen LogP contribution in [0.2, 0.25) is 0 Å². The molecule has 2 aromatic heterocycles. The summed E-state index contributed by atoms with van der Waals surface area (Å²) in [5, 5.41) is 0.737. The lowest BCUT2D eigenvalue weighted by molar-refractivity contribution is 0.414. The fourth-order valence-electron chi connectivity index (χ4n) is 2.86. The molecule has 5 nitrogen and oxygen atoms in total. The number of hydrogen-bond acceptors (Lipinski definition) is 5. The van der Waals surface area contributed by atoms with Gasteiger partial charge in [-0.25, -0.2) is 4.79 Å². The van der Waals surface area contributed by atoms with Gasteiger partial charge in [0.25, 0.3) is 0 Å². The molecule has 0 N–H and O–H groups in total. The molecule has 0 saturated heterocycles. The largest absolute Gasteiger partial charge is 0.497 e. The van der Waals surface area contributed by atoms with Gasteiger partial charge in [0.05, 0.1) is 19.6 Å². The van der Waals surface area contributed by atoms with Crippen molar-refractivity contribution in [2.45, 2.75) is 0 Å². The number of furan rings is 1. The zero-order valence-electron chi connectivity index (χ0n) is 14.3. The van der Waals surface area contributed by atoms with Crippen molar-refractivity contribution < 1.29 is 18.3 Å². The number of ether oxygens (including phenoxy) is 2. The van der Waals surface area contributed by atoms with E-state index in [1.54, 1.807) is 14.2 Å². The van der Waals surface area contributed by atoms with Crippen LogP contribution in [0.1, 0.15) is 0 Å². The van der Waals surface area contributed by atoms with Gasteiger partial charge in [-0.3, -0.25) is 0 Å². The molecule has 0 radical (unpaired) electrons. The SMILES string of the molecule is COc1ccc(-c2cc3c(-c4ccc(OC)cc4)cc(=O)oc3o2)cc1. The molecular formula is C21H16O5. The second-order valence-electron chi connectivity index (χ2n) is 5.75. The molecule has 0 saturated carbocycles. The van der Waals surface area contributed by atoms with Gasteiger partial charge in [0.1, 0.15) is 17.3 Å². The topological polar surface area (TPSA) is 61.8 Å². The molecule has 0 amide bonds. The zero-order valence-corrected chi connectivity index (χ0v) is 14.3. The lowest BCUT2D eigenvalue weighted by atomic mass is 10.0. The molecule has 26 heavy (non-hydrogen) atoms. The van der Waals surface area contributed by atoms with Gasteiger partial charge in [-0.2, -0.15) is 0 Å². The van der Waals surface area contributed by atoms with E-state index in [1.807, 2.05) is 54.6 Å². The molecule has 0 aliphatic rings. The van der Waals surface area contributed by atoms with Crippen molar-refractivity contribution in [3.63, 3.8) is 0 Å². The van der Waals surface area contributed by atoms with Crippen molar-refractivity contribution in [2.75, 3.05) is 14.2 Å². The fourth-order valence-corrected chi connectivity index (χ4v) is 2.86. The normalized spacial score (nSPS) is 10.8. The van der Waals surface area contributed by atoms with Crippen molar-refractivity contribution >= 4 is 11.2 Å². The predicted molar refractivity (Wildman–Crippen MR) is 98.7 cm³/mol. The molecule has 4 aromatic rings. The van der Waals surface area contributed by atoms with E-state index in [2.05, 4.69) is 0 Å². The van der Waals surface area contributed by atoms with Gasteiger partial charge in [-0.15, -0.1) is 0 Å².